The Bertz CT molecular complexity index is 905. The Balaban J connectivity index is 2.11. The summed E-state index contributed by atoms with van der Waals surface area (Å²) in [5, 5.41) is 12.6. The maximum Gasteiger partial charge on any atom is 0.416 e. The van der Waals surface area contributed by atoms with E-state index in [2.05, 4.69) is 10.1 Å². The molecule has 3 aromatic rings. The highest BCUT2D eigenvalue weighted by molar-refractivity contribution is 5.60. The van der Waals surface area contributed by atoms with Gasteiger partial charge in [0.2, 0.25) is 0 Å². The summed E-state index contributed by atoms with van der Waals surface area (Å²) in [6, 6.07) is 7.19. The minimum Gasteiger partial charge on any atom is -0.220 e. The van der Waals surface area contributed by atoms with Gasteiger partial charge in [0, 0.05) is 6.20 Å². The van der Waals surface area contributed by atoms with Crippen LogP contribution in [0.15, 0.2) is 36.5 Å². The summed E-state index contributed by atoms with van der Waals surface area (Å²) in [6.45, 7) is 0. The maximum atomic E-state index is 13.9. The molecule has 0 aliphatic rings. The number of aromatic nitrogens is 3. The predicted molar refractivity (Wildman–Crippen MR) is 68.1 cm³/mol. The number of pyridine rings is 1. The number of halogens is 4. The van der Waals surface area contributed by atoms with Crippen LogP contribution in [0.4, 0.5) is 17.6 Å². The first-order valence-corrected chi connectivity index (χ1v) is 6.02. The van der Waals surface area contributed by atoms with Crippen LogP contribution in [0, 0.1) is 17.1 Å². The zero-order chi connectivity index (χ0) is 15.9. The fourth-order valence-electron chi connectivity index (χ4n) is 1.94. The minimum atomic E-state index is -4.49. The van der Waals surface area contributed by atoms with Gasteiger partial charge in [-0.05, 0) is 30.3 Å². The van der Waals surface area contributed by atoms with E-state index in [1.165, 1.54) is 12.1 Å². The van der Waals surface area contributed by atoms with E-state index in [9.17, 15) is 17.6 Å². The average molecular weight is 306 g/mol. The van der Waals surface area contributed by atoms with E-state index in [0.29, 0.717) is 0 Å². The highest BCUT2D eigenvalue weighted by Gasteiger charge is 2.31. The Labute approximate surface area is 121 Å². The normalized spacial score (nSPS) is 11.6. The molecule has 0 bridgehead atoms. The van der Waals surface area contributed by atoms with Crippen LogP contribution in [0.5, 0.6) is 0 Å². The molecule has 1 aromatic carbocycles. The molecular weight excluding hydrogens is 300 g/mol. The quantitative estimate of drug-likeness (QED) is 0.647. The highest BCUT2D eigenvalue weighted by atomic mass is 19.4. The van der Waals surface area contributed by atoms with Crippen LogP contribution in [0.1, 0.15) is 11.1 Å². The number of hydrogen-bond acceptors (Lipinski definition) is 3. The van der Waals surface area contributed by atoms with Crippen LogP contribution in [0.3, 0.4) is 0 Å². The van der Waals surface area contributed by atoms with E-state index in [4.69, 9.17) is 5.26 Å². The van der Waals surface area contributed by atoms with E-state index in [1.807, 2.05) is 0 Å². The topological polar surface area (TPSA) is 54.0 Å². The molecular formula is C14H6F4N4. The number of nitrogens with zero attached hydrogens (tertiary/aromatic N) is 4. The minimum absolute atomic E-state index is 0.0104. The van der Waals surface area contributed by atoms with Crippen molar-refractivity contribution in [2.75, 3.05) is 0 Å². The van der Waals surface area contributed by atoms with Gasteiger partial charge in [0.25, 0.3) is 0 Å². The lowest BCUT2D eigenvalue weighted by Gasteiger charge is -2.05. The van der Waals surface area contributed by atoms with E-state index in [0.717, 1.165) is 28.9 Å². The molecule has 0 radical (unpaired) electrons. The zero-order valence-electron chi connectivity index (χ0n) is 10.8. The molecule has 0 spiro atoms. The maximum absolute atomic E-state index is 13.9. The summed E-state index contributed by atoms with van der Waals surface area (Å²) in [5.41, 5.74) is -0.770. The molecule has 0 unspecified atom stereocenters. The van der Waals surface area contributed by atoms with Gasteiger partial charge >= 0.3 is 6.18 Å². The van der Waals surface area contributed by atoms with Crippen LogP contribution in [-0.2, 0) is 6.18 Å². The van der Waals surface area contributed by atoms with Crippen molar-refractivity contribution < 1.29 is 17.6 Å². The van der Waals surface area contributed by atoms with Gasteiger partial charge in [0.05, 0.1) is 22.8 Å². The van der Waals surface area contributed by atoms with Gasteiger partial charge in [-0.3, -0.25) is 0 Å². The number of rotatable bonds is 1. The lowest BCUT2D eigenvalue weighted by Crippen LogP contribution is -2.05. The van der Waals surface area contributed by atoms with Crippen molar-refractivity contribution in [3.63, 3.8) is 0 Å². The molecule has 0 saturated carbocycles. The fourth-order valence-corrected chi connectivity index (χ4v) is 1.94. The van der Waals surface area contributed by atoms with Crippen molar-refractivity contribution in [1.29, 1.82) is 5.26 Å². The fraction of sp³-hybridized carbons (Fsp3) is 0.0714. The molecule has 0 aliphatic carbocycles. The first-order valence-electron chi connectivity index (χ1n) is 6.02. The van der Waals surface area contributed by atoms with E-state index >= 15 is 0 Å². The molecule has 0 amide bonds. The third-order valence-electron chi connectivity index (χ3n) is 3.00. The first kappa shape index (κ1) is 14.0. The summed E-state index contributed by atoms with van der Waals surface area (Å²) in [7, 11) is 0. The van der Waals surface area contributed by atoms with Crippen molar-refractivity contribution in [2.24, 2.45) is 0 Å². The van der Waals surface area contributed by atoms with Crippen LogP contribution < -0.4 is 0 Å². The second kappa shape index (κ2) is 4.80. The second-order valence-corrected chi connectivity index (χ2v) is 4.46. The number of alkyl halides is 3. The molecule has 4 nitrogen and oxygen atoms in total. The van der Waals surface area contributed by atoms with Gasteiger partial charge in [0.1, 0.15) is 5.82 Å². The number of nitriles is 1. The largest absolute Gasteiger partial charge is 0.416 e. The van der Waals surface area contributed by atoms with Crippen LogP contribution in [0.25, 0.3) is 17.0 Å². The van der Waals surface area contributed by atoms with Crippen molar-refractivity contribution >= 4 is 5.65 Å². The summed E-state index contributed by atoms with van der Waals surface area (Å²) < 4.78 is 53.0. The average Bonchev–Trinajstić information content (AvgIpc) is 2.88. The lowest BCUT2D eigenvalue weighted by molar-refractivity contribution is -0.137. The molecule has 3 rings (SSSR count). The van der Waals surface area contributed by atoms with Crippen molar-refractivity contribution in [3.05, 3.63) is 53.5 Å². The Morgan fingerprint density at radius 3 is 2.55 bits per heavy atom. The van der Waals surface area contributed by atoms with Crippen LogP contribution >= 0.6 is 0 Å². The van der Waals surface area contributed by atoms with Crippen LogP contribution in [0.2, 0.25) is 0 Å². The standard InChI is InChI=1S/C14H6F4N4/c15-11-5-8(7-19)1-2-10(11)13-20-12-6-9(14(16,17)18)3-4-22(12)21-13/h1-6H. The molecule has 0 aliphatic heterocycles. The van der Waals surface area contributed by atoms with Crippen molar-refractivity contribution in [1.82, 2.24) is 14.6 Å². The predicted octanol–water partition coefficient (Wildman–Crippen LogP) is 3.43. The van der Waals surface area contributed by atoms with Crippen molar-refractivity contribution in [2.45, 2.75) is 6.18 Å². The van der Waals surface area contributed by atoms with Gasteiger partial charge in [-0.25, -0.2) is 13.9 Å². The van der Waals surface area contributed by atoms with Gasteiger partial charge in [0.15, 0.2) is 11.5 Å². The summed E-state index contributed by atoms with van der Waals surface area (Å²) in [5.74, 6) is -0.771. The summed E-state index contributed by atoms with van der Waals surface area (Å²) >= 11 is 0. The number of hydrogen-bond donors (Lipinski definition) is 0. The Kier molecular flexibility index (Phi) is 3.06. The lowest BCUT2D eigenvalue weighted by atomic mass is 10.1. The van der Waals surface area contributed by atoms with Gasteiger partial charge < -0.3 is 0 Å². The third-order valence-corrected chi connectivity index (χ3v) is 3.00. The van der Waals surface area contributed by atoms with Gasteiger partial charge in [-0.1, -0.05) is 0 Å². The molecule has 2 aromatic heterocycles. The molecule has 2 heterocycles. The molecule has 110 valence electrons. The van der Waals surface area contributed by atoms with E-state index in [-0.39, 0.29) is 22.6 Å². The summed E-state index contributed by atoms with van der Waals surface area (Å²) in [4.78, 5) is 3.90. The van der Waals surface area contributed by atoms with E-state index in [1.54, 1.807) is 6.07 Å². The van der Waals surface area contributed by atoms with Crippen molar-refractivity contribution in [3.8, 4) is 17.5 Å². The number of fused-ring (bicyclic) bond motifs is 1. The third kappa shape index (κ3) is 2.37. The second-order valence-electron chi connectivity index (χ2n) is 4.46. The Morgan fingerprint density at radius 2 is 1.91 bits per heavy atom. The molecule has 22 heavy (non-hydrogen) atoms. The number of benzene rings is 1. The molecule has 0 atom stereocenters. The molecule has 8 heteroatoms. The summed E-state index contributed by atoms with van der Waals surface area (Å²) in [6.07, 6.45) is -3.39. The van der Waals surface area contributed by atoms with Gasteiger partial charge in [-0.15, -0.1) is 5.10 Å². The zero-order valence-corrected chi connectivity index (χ0v) is 10.8. The first-order chi connectivity index (χ1) is 10.4. The molecule has 0 N–H and O–H groups in total. The smallest absolute Gasteiger partial charge is 0.220 e. The Hall–Kier alpha value is -2.95. The monoisotopic (exact) mass is 306 g/mol. The Morgan fingerprint density at radius 1 is 1.14 bits per heavy atom. The molecule has 0 saturated heterocycles. The highest BCUT2D eigenvalue weighted by Crippen LogP contribution is 2.30. The van der Waals surface area contributed by atoms with Gasteiger partial charge in [-0.2, -0.15) is 18.4 Å². The molecule has 0 fully saturated rings. The SMILES string of the molecule is N#Cc1ccc(-c2nc3cc(C(F)(F)F)ccn3n2)c(F)c1. The van der Waals surface area contributed by atoms with Crippen LogP contribution in [-0.4, -0.2) is 14.6 Å². The van der Waals surface area contributed by atoms with E-state index < -0.39 is 17.6 Å².